The van der Waals surface area contributed by atoms with E-state index in [0.29, 0.717) is 12.5 Å². The number of ketones is 1. The average molecular weight is 213 g/mol. The standard InChI is InChI=1S/C10H19N3O2/c1-8(14)5-11-10(15)12-6-9-3-4-13(2)7-9/h9H,3-7H2,1-2H3,(H2,11,12,15). The Morgan fingerprint density at radius 2 is 2.13 bits per heavy atom. The van der Waals surface area contributed by atoms with Gasteiger partial charge >= 0.3 is 6.03 Å². The van der Waals surface area contributed by atoms with E-state index in [9.17, 15) is 9.59 Å². The van der Waals surface area contributed by atoms with Crippen molar-refractivity contribution in [3.05, 3.63) is 0 Å². The van der Waals surface area contributed by atoms with Gasteiger partial charge in [0.2, 0.25) is 0 Å². The Hall–Kier alpha value is -1.10. The highest BCUT2D eigenvalue weighted by Gasteiger charge is 2.19. The summed E-state index contributed by atoms with van der Waals surface area (Å²) in [4.78, 5) is 24.1. The summed E-state index contributed by atoms with van der Waals surface area (Å²) < 4.78 is 0. The van der Waals surface area contributed by atoms with Gasteiger partial charge in [0.15, 0.2) is 0 Å². The number of urea groups is 1. The van der Waals surface area contributed by atoms with E-state index in [1.807, 2.05) is 0 Å². The molecule has 0 aromatic carbocycles. The molecule has 1 fully saturated rings. The molecule has 1 rings (SSSR count). The number of Topliss-reactive ketones (excluding diaryl/α,β-unsaturated/α-hetero) is 1. The number of carbonyl (C=O) groups excluding carboxylic acids is 2. The quantitative estimate of drug-likeness (QED) is 0.681. The third-order valence-corrected chi connectivity index (χ3v) is 2.54. The van der Waals surface area contributed by atoms with Crippen LogP contribution in [-0.4, -0.2) is 49.9 Å². The van der Waals surface area contributed by atoms with Crippen molar-refractivity contribution in [2.45, 2.75) is 13.3 Å². The molecule has 1 aliphatic heterocycles. The van der Waals surface area contributed by atoms with Gasteiger partial charge in [-0.3, -0.25) is 4.79 Å². The second kappa shape index (κ2) is 5.70. The Morgan fingerprint density at radius 3 is 2.67 bits per heavy atom. The van der Waals surface area contributed by atoms with Gasteiger partial charge in [-0.2, -0.15) is 0 Å². The largest absolute Gasteiger partial charge is 0.338 e. The van der Waals surface area contributed by atoms with Crippen LogP contribution in [0.5, 0.6) is 0 Å². The number of nitrogens with zero attached hydrogens (tertiary/aromatic N) is 1. The lowest BCUT2D eigenvalue weighted by Gasteiger charge is -2.11. The lowest BCUT2D eigenvalue weighted by Crippen LogP contribution is -2.40. The van der Waals surface area contributed by atoms with Gasteiger partial charge in [0.25, 0.3) is 0 Å². The van der Waals surface area contributed by atoms with Crippen molar-refractivity contribution in [1.82, 2.24) is 15.5 Å². The molecule has 2 amide bonds. The van der Waals surface area contributed by atoms with E-state index in [4.69, 9.17) is 0 Å². The van der Waals surface area contributed by atoms with Crippen molar-refractivity contribution in [2.24, 2.45) is 5.92 Å². The zero-order chi connectivity index (χ0) is 11.3. The number of likely N-dealkylation sites (tertiary alicyclic amines) is 1. The van der Waals surface area contributed by atoms with Crippen molar-refractivity contribution >= 4 is 11.8 Å². The highest BCUT2D eigenvalue weighted by atomic mass is 16.2. The van der Waals surface area contributed by atoms with Crippen LogP contribution in [-0.2, 0) is 4.79 Å². The normalized spacial score (nSPS) is 21.3. The van der Waals surface area contributed by atoms with Crippen molar-refractivity contribution in [3.8, 4) is 0 Å². The van der Waals surface area contributed by atoms with Gasteiger partial charge in [-0.1, -0.05) is 0 Å². The number of nitrogens with one attached hydrogen (secondary N) is 2. The lowest BCUT2D eigenvalue weighted by molar-refractivity contribution is -0.116. The topological polar surface area (TPSA) is 61.4 Å². The molecule has 1 aliphatic rings. The van der Waals surface area contributed by atoms with Crippen LogP contribution in [0, 0.1) is 5.92 Å². The molecule has 0 aromatic rings. The molecule has 15 heavy (non-hydrogen) atoms. The lowest BCUT2D eigenvalue weighted by atomic mass is 10.1. The van der Waals surface area contributed by atoms with E-state index >= 15 is 0 Å². The molecule has 0 saturated carbocycles. The van der Waals surface area contributed by atoms with Crippen LogP contribution in [0.4, 0.5) is 4.79 Å². The van der Waals surface area contributed by atoms with E-state index in [2.05, 4.69) is 22.6 Å². The minimum Gasteiger partial charge on any atom is -0.338 e. The smallest absolute Gasteiger partial charge is 0.315 e. The molecule has 1 saturated heterocycles. The van der Waals surface area contributed by atoms with Gasteiger partial charge in [0, 0.05) is 13.1 Å². The Morgan fingerprint density at radius 1 is 1.40 bits per heavy atom. The predicted molar refractivity (Wildman–Crippen MR) is 57.7 cm³/mol. The molecular formula is C10H19N3O2. The Balaban J connectivity index is 2.09. The maximum atomic E-state index is 11.2. The predicted octanol–water partition coefficient (Wildman–Crippen LogP) is -0.174. The molecule has 86 valence electrons. The third-order valence-electron chi connectivity index (χ3n) is 2.54. The van der Waals surface area contributed by atoms with Crippen LogP contribution >= 0.6 is 0 Å². The highest BCUT2D eigenvalue weighted by Crippen LogP contribution is 2.12. The number of hydrogen-bond donors (Lipinski definition) is 2. The molecule has 0 bridgehead atoms. The zero-order valence-electron chi connectivity index (χ0n) is 9.38. The van der Waals surface area contributed by atoms with Gasteiger partial charge < -0.3 is 15.5 Å². The van der Waals surface area contributed by atoms with E-state index < -0.39 is 0 Å². The first-order valence-electron chi connectivity index (χ1n) is 5.27. The fraction of sp³-hybridized carbons (Fsp3) is 0.800. The summed E-state index contributed by atoms with van der Waals surface area (Å²) >= 11 is 0. The minimum atomic E-state index is -0.250. The Bertz CT molecular complexity index is 243. The Labute approximate surface area is 90.2 Å². The monoisotopic (exact) mass is 213 g/mol. The SMILES string of the molecule is CC(=O)CNC(=O)NCC1CCN(C)C1. The molecule has 5 nitrogen and oxygen atoms in total. The summed E-state index contributed by atoms with van der Waals surface area (Å²) in [6, 6.07) is -0.250. The second-order valence-electron chi connectivity index (χ2n) is 4.18. The van der Waals surface area contributed by atoms with E-state index in [1.54, 1.807) is 0 Å². The van der Waals surface area contributed by atoms with E-state index in [0.717, 1.165) is 19.5 Å². The number of hydrogen-bond acceptors (Lipinski definition) is 3. The zero-order valence-corrected chi connectivity index (χ0v) is 9.38. The molecule has 0 aliphatic carbocycles. The fourth-order valence-electron chi connectivity index (χ4n) is 1.70. The van der Waals surface area contributed by atoms with Crippen LogP contribution in [0.2, 0.25) is 0 Å². The molecule has 2 N–H and O–H groups in total. The molecule has 1 heterocycles. The summed E-state index contributed by atoms with van der Waals surface area (Å²) in [5.74, 6) is 0.504. The summed E-state index contributed by atoms with van der Waals surface area (Å²) in [5, 5.41) is 5.28. The summed E-state index contributed by atoms with van der Waals surface area (Å²) in [5.41, 5.74) is 0. The summed E-state index contributed by atoms with van der Waals surface area (Å²) in [7, 11) is 2.08. The second-order valence-corrected chi connectivity index (χ2v) is 4.18. The van der Waals surface area contributed by atoms with Crippen LogP contribution in [0.15, 0.2) is 0 Å². The number of carbonyl (C=O) groups is 2. The maximum Gasteiger partial charge on any atom is 0.315 e. The molecular weight excluding hydrogens is 194 g/mol. The summed E-state index contributed by atoms with van der Waals surface area (Å²) in [6.45, 7) is 4.38. The Kier molecular flexibility index (Phi) is 4.55. The number of rotatable bonds is 4. The van der Waals surface area contributed by atoms with E-state index in [1.165, 1.54) is 6.92 Å². The van der Waals surface area contributed by atoms with Crippen LogP contribution < -0.4 is 10.6 Å². The maximum absolute atomic E-state index is 11.2. The van der Waals surface area contributed by atoms with Crippen molar-refractivity contribution in [1.29, 1.82) is 0 Å². The van der Waals surface area contributed by atoms with Gasteiger partial charge in [-0.05, 0) is 32.9 Å². The molecule has 0 aromatic heterocycles. The third kappa shape index (κ3) is 4.78. The van der Waals surface area contributed by atoms with Gasteiger partial charge in [0.05, 0.1) is 6.54 Å². The first-order valence-corrected chi connectivity index (χ1v) is 5.27. The number of amides is 2. The van der Waals surface area contributed by atoms with Gasteiger partial charge in [-0.15, -0.1) is 0 Å². The van der Waals surface area contributed by atoms with Gasteiger partial charge in [-0.25, -0.2) is 4.79 Å². The first-order chi connectivity index (χ1) is 7.08. The summed E-state index contributed by atoms with van der Waals surface area (Å²) in [6.07, 6.45) is 1.13. The van der Waals surface area contributed by atoms with Crippen molar-refractivity contribution < 1.29 is 9.59 Å². The molecule has 5 heteroatoms. The van der Waals surface area contributed by atoms with Crippen molar-refractivity contribution in [2.75, 3.05) is 33.2 Å². The molecule has 1 atom stereocenters. The highest BCUT2D eigenvalue weighted by molar-refractivity contribution is 5.83. The fourth-order valence-corrected chi connectivity index (χ4v) is 1.70. The molecule has 1 unspecified atom stereocenters. The molecule has 0 radical (unpaired) electrons. The minimum absolute atomic E-state index is 0.0363. The van der Waals surface area contributed by atoms with E-state index in [-0.39, 0.29) is 18.4 Å². The van der Waals surface area contributed by atoms with Crippen molar-refractivity contribution in [3.63, 3.8) is 0 Å². The van der Waals surface area contributed by atoms with Crippen LogP contribution in [0.25, 0.3) is 0 Å². The average Bonchev–Trinajstić information content (AvgIpc) is 2.58. The first kappa shape index (κ1) is 12.0. The van der Waals surface area contributed by atoms with Crippen LogP contribution in [0.1, 0.15) is 13.3 Å². The van der Waals surface area contributed by atoms with Gasteiger partial charge in [0.1, 0.15) is 5.78 Å². The van der Waals surface area contributed by atoms with Crippen LogP contribution in [0.3, 0.4) is 0 Å². The molecule has 0 spiro atoms.